The number of rotatable bonds is 6. The van der Waals surface area contributed by atoms with Crippen molar-refractivity contribution in [3.05, 3.63) is 54.1 Å². The summed E-state index contributed by atoms with van der Waals surface area (Å²) in [6.07, 6.45) is 0. The predicted molar refractivity (Wildman–Crippen MR) is 111 cm³/mol. The Bertz CT molecular complexity index is 826. The van der Waals surface area contributed by atoms with Crippen molar-refractivity contribution in [2.24, 2.45) is 0 Å². The Morgan fingerprint density at radius 2 is 2.00 bits per heavy atom. The maximum absolute atomic E-state index is 12.6. The third-order valence-corrected chi connectivity index (χ3v) is 5.53. The first-order valence-corrected chi connectivity index (χ1v) is 10.2. The lowest BCUT2D eigenvalue weighted by molar-refractivity contribution is -0.116. The number of amides is 2. The van der Waals surface area contributed by atoms with Gasteiger partial charge in [0.15, 0.2) is 0 Å². The lowest BCUT2D eigenvalue weighted by atomic mass is 10.1. The minimum atomic E-state index is -0.599. The van der Waals surface area contributed by atoms with Crippen LogP contribution in [0.4, 0.5) is 11.4 Å². The van der Waals surface area contributed by atoms with Gasteiger partial charge in [0, 0.05) is 5.69 Å². The zero-order chi connectivity index (χ0) is 19.4. The Labute approximate surface area is 168 Å². The first kappa shape index (κ1) is 19.6. The molecule has 5 nitrogen and oxygen atoms in total. The van der Waals surface area contributed by atoms with Crippen LogP contribution >= 0.6 is 23.4 Å². The van der Waals surface area contributed by atoms with Crippen LogP contribution in [0.1, 0.15) is 24.8 Å². The van der Waals surface area contributed by atoms with Crippen LogP contribution in [0.15, 0.2) is 48.5 Å². The minimum Gasteiger partial charge on any atom is -0.492 e. The van der Waals surface area contributed by atoms with E-state index in [4.69, 9.17) is 16.3 Å². The molecule has 7 heteroatoms. The van der Waals surface area contributed by atoms with Crippen molar-refractivity contribution in [2.45, 2.75) is 24.6 Å². The molecule has 142 valence electrons. The Hall–Kier alpha value is -2.18. The average molecular weight is 405 g/mol. The molecule has 1 aliphatic heterocycles. The number of carbonyl (C=O) groups excluding carboxylic acids is 2. The second-order valence-corrected chi connectivity index (χ2v) is 7.78. The predicted octanol–water partition coefficient (Wildman–Crippen LogP) is 4.43. The second-order valence-electron chi connectivity index (χ2n) is 6.06. The highest BCUT2D eigenvalue weighted by atomic mass is 35.5. The molecule has 3 rings (SSSR count). The second kappa shape index (κ2) is 8.67. The van der Waals surface area contributed by atoms with Gasteiger partial charge in [0.25, 0.3) is 0 Å². The molecule has 2 atom stereocenters. The number of benzene rings is 2. The van der Waals surface area contributed by atoms with Crippen molar-refractivity contribution in [1.29, 1.82) is 0 Å². The smallest absolute Gasteiger partial charge is 0.242 e. The van der Waals surface area contributed by atoms with Crippen LogP contribution in [0, 0.1) is 0 Å². The fourth-order valence-corrected chi connectivity index (χ4v) is 4.06. The molecule has 1 saturated heterocycles. The standard InChI is InChI=1S/C20H21ClN2O3S/c1-3-26-17-7-5-4-6-16(17)23-18(24)12-27-20(23)14-8-10-15(11-9-14)22-19(25)13(2)21/h4-11,13,20H,3,12H2,1-2H3,(H,22,25)/t13-,20-/m1/s1. The highest BCUT2D eigenvalue weighted by Crippen LogP contribution is 2.44. The van der Waals surface area contributed by atoms with Gasteiger partial charge in [-0.3, -0.25) is 14.5 Å². The first-order chi connectivity index (χ1) is 13.0. The quantitative estimate of drug-likeness (QED) is 0.723. The van der Waals surface area contributed by atoms with E-state index in [1.165, 1.54) is 0 Å². The number of nitrogens with one attached hydrogen (secondary N) is 1. The van der Waals surface area contributed by atoms with Crippen LogP contribution < -0.4 is 15.0 Å². The Kier molecular flexibility index (Phi) is 6.29. The number of para-hydroxylation sites is 2. The summed E-state index contributed by atoms with van der Waals surface area (Å²) in [4.78, 5) is 26.1. The lowest BCUT2D eigenvalue weighted by Gasteiger charge is -2.26. The van der Waals surface area contributed by atoms with Gasteiger partial charge in [0.2, 0.25) is 11.8 Å². The molecule has 0 saturated carbocycles. The highest BCUT2D eigenvalue weighted by Gasteiger charge is 2.35. The van der Waals surface area contributed by atoms with Crippen molar-refractivity contribution in [2.75, 3.05) is 22.6 Å². The van der Waals surface area contributed by atoms with E-state index in [0.29, 0.717) is 23.8 Å². The molecule has 0 unspecified atom stereocenters. The van der Waals surface area contributed by atoms with Crippen LogP contribution in [-0.2, 0) is 9.59 Å². The number of alkyl halides is 1. The number of halogens is 1. The van der Waals surface area contributed by atoms with E-state index >= 15 is 0 Å². The fourth-order valence-electron chi connectivity index (χ4n) is 2.84. The minimum absolute atomic E-state index is 0.0468. The number of anilines is 2. The highest BCUT2D eigenvalue weighted by molar-refractivity contribution is 8.00. The molecule has 1 aliphatic rings. The number of nitrogens with zero attached hydrogens (tertiary/aromatic N) is 1. The van der Waals surface area contributed by atoms with Crippen LogP contribution in [0.5, 0.6) is 5.75 Å². The van der Waals surface area contributed by atoms with Crippen molar-refractivity contribution in [1.82, 2.24) is 0 Å². The van der Waals surface area contributed by atoms with Gasteiger partial charge >= 0.3 is 0 Å². The Balaban J connectivity index is 1.85. The summed E-state index contributed by atoms with van der Waals surface area (Å²) in [5.74, 6) is 0.904. The summed E-state index contributed by atoms with van der Waals surface area (Å²) in [6.45, 7) is 4.08. The Morgan fingerprint density at radius 3 is 2.67 bits per heavy atom. The maximum Gasteiger partial charge on any atom is 0.242 e. The van der Waals surface area contributed by atoms with Crippen molar-refractivity contribution >= 4 is 46.6 Å². The van der Waals surface area contributed by atoms with Gasteiger partial charge in [-0.15, -0.1) is 23.4 Å². The third kappa shape index (κ3) is 4.39. The average Bonchev–Trinajstić information content (AvgIpc) is 3.04. The van der Waals surface area contributed by atoms with E-state index in [-0.39, 0.29) is 17.2 Å². The first-order valence-electron chi connectivity index (χ1n) is 8.71. The van der Waals surface area contributed by atoms with E-state index in [1.54, 1.807) is 23.6 Å². The number of carbonyl (C=O) groups is 2. The van der Waals surface area contributed by atoms with Crippen LogP contribution in [0.3, 0.4) is 0 Å². The van der Waals surface area contributed by atoms with Gasteiger partial charge in [-0.25, -0.2) is 0 Å². The summed E-state index contributed by atoms with van der Waals surface area (Å²) >= 11 is 7.36. The van der Waals surface area contributed by atoms with E-state index < -0.39 is 5.38 Å². The fraction of sp³-hybridized carbons (Fsp3) is 0.300. The largest absolute Gasteiger partial charge is 0.492 e. The van der Waals surface area contributed by atoms with Gasteiger partial charge < -0.3 is 10.1 Å². The summed E-state index contributed by atoms with van der Waals surface area (Å²) < 4.78 is 5.70. The van der Waals surface area contributed by atoms with E-state index in [0.717, 1.165) is 11.3 Å². The molecule has 1 heterocycles. The summed E-state index contributed by atoms with van der Waals surface area (Å²) in [5, 5.41) is 2.02. The molecule has 0 radical (unpaired) electrons. The summed E-state index contributed by atoms with van der Waals surface area (Å²) in [7, 11) is 0. The molecule has 0 aliphatic carbocycles. The van der Waals surface area contributed by atoms with Crippen LogP contribution in [0.2, 0.25) is 0 Å². The molecule has 2 aromatic carbocycles. The Morgan fingerprint density at radius 1 is 1.30 bits per heavy atom. The molecule has 27 heavy (non-hydrogen) atoms. The zero-order valence-corrected chi connectivity index (χ0v) is 16.7. The molecule has 0 bridgehead atoms. The van der Waals surface area contributed by atoms with Crippen LogP contribution in [0.25, 0.3) is 0 Å². The number of thioether (sulfide) groups is 1. The molecule has 2 amide bonds. The summed E-state index contributed by atoms with van der Waals surface area (Å²) in [6, 6.07) is 15.0. The third-order valence-electron chi connectivity index (χ3n) is 4.12. The normalized spacial score (nSPS) is 17.7. The molecule has 1 fully saturated rings. The molecule has 2 aromatic rings. The van der Waals surface area contributed by atoms with E-state index in [9.17, 15) is 9.59 Å². The molecule has 1 N–H and O–H groups in total. The number of hydrogen-bond donors (Lipinski definition) is 1. The van der Waals surface area contributed by atoms with Gasteiger partial charge in [0.05, 0.1) is 18.0 Å². The molecule has 0 spiro atoms. The zero-order valence-electron chi connectivity index (χ0n) is 15.1. The lowest BCUT2D eigenvalue weighted by Crippen LogP contribution is -2.28. The number of hydrogen-bond acceptors (Lipinski definition) is 4. The van der Waals surface area contributed by atoms with Crippen molar-refractivity contribution in [3.8, 4) is 5.75 Å². The van der Waals surface area contributed by atoms with E-state index in [1.807, 2.05) is 55.5 Å². The SMILES string of the molecule is CCOc1ccccc1N1C(=O)CS[C@@H]1c1ccc(NC(=O)[C@@H](C)Cl)cc1. The molecule has 0 aromatic heterocycles. The monoisotopic (exact) mass is 404 g/mol. The number of ether oxygens (including phenoxy) is 1. The van der Waals surface area contributed by atoms with Gasteiger partial charge in [-0.1, -0.05) is 24.3 Å². The van der Waals surface area contributed by atoms with Gasteiger partial charge in [-0.05, 0) is 43.7 Å². The molecular weight excluding hydrogens is 384 g/mol. The van der Waals surface area contributed by atoms with Crippen molar-refractivity contribution < 1.29 is 14.3 Å². The van der Waals surface area contributed by atoms with E-state index in [2.05, 4.69) is 5.32 Å². The topological polar surface area (TPSA) is 58.6 Å². The maximum atomic E-state index is 12.6. The van der Waals surface area contributed by atoms with Gasteiger partial charge in [0.1, 0.15) is 16.5 Å². The summed E-state index contributed by atoms with van der Waals surface area (Å²) in [5.41, 5.74) is 2.42. The van der Waals surface area contributed by atoms with Crippen LogP contribution in [-0.4, -0.2) is 29.6 Å². The van der Waals surface area contributed by atoms with Gasteiger partial charge in [-0.2, -0.15) is 0 Å². The molecular formula is C20H21ClN2O3S. The van der Waals surface area contributed by atoms with Crippen molar-refractivity contribution in [3.63, 3.8) is 0 Å².